The maximum atomic E-state index is 12.3. The molecule has 2 aromatic heterocycles. The van der Waals surface area contributed by atoms with Gasteiger partial charge in [-0.1, -0.05) is 19.1 Å². The number of nitrogens with one attached hydrogen (secondary N) is 1. The maximum Gasteiger partial charge on any atom is 0.230 e. The van der Waals surface area contributed by atoms with Crippen LogP contribution in [0.2, 0.25) is 0 Å². The summed E-state index contributed by atoms with van der Waals surface area (Å²) in [7, 11) is 0. The minimum Gasteiger partial charge on any atom is -0.353 e. The Morgan fingerprint density at radius 1 is 1.35 bits per heavy atom. The van der Waals surface area contributed by atoms with Crippen molar-refractivity contribution in [2.75, 3.05) is 25.4 Å². The summed E-state index contributed by atoms with van der Waals surface area (Å²) >= 11 is 3.40. The number of likely N-dealkylation sites (tertiary alicyclic amines) is 1. The van der Waals surface area contributed by atoms with Gasteiger partial charge in [0.2, 0.25) is 5.91 Å². The fourth-order valence-electron chi connectivity index (χ4n) is 3.22. The molecule has 1 aliphatic rings. The first-order valence-corrected chi connectivity index (χ1v) is 11.3. The zero-order valence-corrected chi connectivity index (χ0v) is 16.9. The molecule has 1 amide bonds. The minimum atomic E-state index is 0.109. The van der Waals surface area contributed by atoms with Gasteiger partial charge in [-0.15, -0.1) is 23.1 Å². The molecule has 0 aromatic carbocycles. The van der Waals surface area contributed by atoms with E-state index in [1.54, 1.807) is 29.3 Å². The lowest BCUT2D eigenvalue weighted by Crippen LogP contribution is -2.42. The van der Waals surface area contributed by atoms with Crippen LogP contribution in [0.25, 0.3) is 0 Å². The van der Waals surface area contributed by atoms with Crippen LogP contribution < -0.4 is 5.32 Å². The Labute approximate surface area is 164 Å². The second-order valence-electron chi connectivity index (χ2n) is 6.87. The first kappa shape index (κ1) is 19.4. The van der Waals surface area contributed by atoms with Crippen LogP contribution >= 0.6 is 23.1 Å². The van der Waals surface area contributed by atoms with E-state index in [9.17, 15) is 4.79 Å². The van der Waals surface area contributed by atoms with Crippen LogP contribution in [0.5, 0.6) is 0 Å². The second kappa shape index (κ2) is 10.1. The molecule has 1 unspecified atom stereocenters. The van der Waals surface area contributed by atoms with Crippen molar-refractivity contribution in [2.24, 2.45) is 5.92 Å². The van der Waals surface area contributed by atoms with Gasteiger partial charge in [0.1, 0.15) is 0 Å². The summed E-state index contributed by atoms with van der Waals surface area (Å²) in [5.41, 5.74) is 1.02. The van der Waals surface area contributed by atoms with E-state index in [0.717, 1.165) is 30.5 Å². The largest absolute Gasteiger partial charge is 0.353 e. The molecule has 0 saturated carbocycles. The van der Waals surface area contributed by atoms with Crippen LogP contribution in [0.4, 0.5) is 0 Å². The number of rotatable bonds is 8. The first-order chi connectivity index (χ1) is 12.7. The fraction of sp³-hybridized carbons (Fsp3) is 0.500. The number of pyridine rings is 1. The molecule has 0 radical (unpaired) electrons. The first-order valence-electron chi connectivity index (χ1n) is 9.24. The van der Waals surface area contributed by atoms with Gasteiger partial charge in [0.25, 0.3) is 0 Å². The van der Waals surface area contributed by atoms with E-state index in [4.69, 9.17) is 0 Å². The number of carbonyl (C=O) groups excluding carboxylic acids is 1. The average molecular weight is 390 g/mol. The van der Waals surface area contributed by atoms with Gasteiger partial charge >= 0.3 is 0 Å². The highest BCUT2D eigenvalue weighted by molar-refractivity contribution is 7.99. The summed E-state index contributed by atoms with van der Waals surface area (Å²) in [6.07, 6.45) is 4.28. The van der Waals surface area contributed by atoms with Crippen molar-refractivity contribution in [3.05, 3.63) is 52.5 Å². The van der Waals surface area contributed by atoms with E-state index in [2.05, 4.69) is 39.6 Å². The minimum absolute atomic E-state index is 0.109. The molecule has 3 rings (SSSR count). The molecule has 1 atom stereocenters. The quantitative estimate of drug-likeness (QED) is 0.742. The highest BCUT2D eigenvalue weighted by Crippen LogP contribution is 2.29. The summed E-state index contributed by atoms with van der Waals surface area (Å²) in [4.78, 5) is 20.5. The maximum absolute atomic E-state index is 12.3. The van der Waals surface area contributed by atoms with Crippen molar-refractivity contribution < 1.29 is 4.79 Å². The summed E-state index contributed by atoms with van der Waals surface area (Å²) in [5.74, 6) is 2.17. The van der Waals surface area contributed by atoms with Crippen molar-refractivity contribution in [3.8, 4) is 0 Å². The van der Waals surface area contributed by atoms with Crippen LogP contribution in [0, 0.1) is 5.92 Å². The standard InChI is InChI=1S/C20H27N3OS2/c1-16-7-10-23(11-8-16)18(19-6-4-12-26-19)13-22-20(24)15-25-14-17-5-2-3-9-21-17/h2-6,9,12,16,18H,7-8,10-11,13-15H2,1H3,(H,22,24). The summed E-state index contributed by atoms with van der Waals surface area (Å²) in [5, 5.41) is 5.28. The molecule has 3 heterocycles. The van der Waals surface area contributed by atoms with E-state index < -0.39 is 0 Å². The molecule has 1 N–H and O–H groups in total. The predicted octanol–water partition coefficient (Wildman–Crippen LogP) is 3.97. The smallest absolute Gasteiger partial charge is 0.230 e. The Hall–Kier alpha value is -1.37. The Morgan fingerprint density at radius 2 is 2.19 bits per heavy atom. The van der Waals surface area contributed by atoms with Crippen molar-refractivity contribution in [2.45, 2.75) is 31.6 Å². The lowest BCUT2D eigenvalue weighted by atomic mass is 9.97. The number of thiophene rings is 1. The Kier molecular flexibility index (Phi) is 7.53. The highest BCUT2D eigenvalue weighted by Gasteiger charge is 2.25. The van der Waals surface area contributed by atoms with Crippen LogP contribution in [0.15, 0.2) is 41.9 Å². The molecule has 26 heavy (non-hydrogen) atoms. The monoisotopic (exact) mass is 389 g/mol. The average Bonchev–Trinajstić information content (AvgIpc) is 3.19. The van der Waals surface area contributed by atoms with Crippen molar-refractivity contribution in [3.63, 3.8) is 0 Å². The molecule has 6 heteroatoms. The van der Waals surface area contributed by atoms with E-state index in [-0.39, 0.29) is 5.91 Å². The molecule has 1 fully saturated rings. The van der Waals surface area contributed by atoms with Gasteiger partial charge in [0.05, 0.1) is 17.5 Å². The number of carbonyl (C=O) groups is 1. The molecule has 0 bridgehead atoms. The van der Waals surface area contributed by atoms with Gasteiger partial charge in [-0.2, -0.15) is 0 Å². The predicted molar refractivity (Wildman–Crippen MR) is 110 cm³/mol. The van der Waals surface area contributed by atoms with E-state index in [1.165, 1.54) is 17.7 Å². The van der Waals surface area contributed by atoms with Gasteiger partial charge in [-0.25, -0.2) is 0 Å². The molecule has 1 aliphatic heterocycles. The summed E-state index contributed by atoms with van der Waals surface area (Å²) in [6.45, 7) is 5.26. The Balaban J connectivity index is 1.47. The molecule has 2 aromatic rings. The molecular formula is C20H27N3OS2. The Bertz CT molecular complexity index is 655. The second-order valence-corrected chi connectivity index (χ2v) is 8.83. The normalized spacial score (nSPS) is 17.1. The zero-order valence-electron chi connectivity index (χ0n) is 15.3. The number of hydrogen-bond acceptors (Lipinski definition) is 5. The summed E-state index contributed by atoms with van der Waals surface area (Å²) in [6, 6.07) is 10.5. The lowest BCUT2D eigenvalue weighted by molar-refractivity contribution is -0.118. The lowest BCUT2D eigenvalue weighted by Gasteiger charge is -2.36. The number of aromatic nitrogens is 1. The van der Waals surface area contributed by atoms with Crippen molar-refractivity contribution in [1.29, 1.82) is 0 Å². The van der Waals surface area contributed by atoms with Crippen LogP contribution in [-0.2, 0) is 10.5 Å². The van der Waals surface area contributed by atoms with Crippen molar-refractivity contribution in [1.82, 2.24) is 15.2 Å². The number of nitrogens with zero attached hydrogens (tertiary/aromatic N) is 2. The van der Waals surface area contributed by atoms with Gasteiger partial charge in [-0.05, 0) is 55.4 Å². The molecule has 0 spiro atoms. The third-order valence-corrected chi connectivity index (χ3v) is 6.77. The van der Waals surface area contributed by atoms with Gasteiger partial charge in [0, 0.05) is 23.4 Å². The van der Waals surface area contributed by atoms with Crippen molar-refractivity contribution >= 4 is 29.0 Å². The van der Waals surface area contributed by atoms with E-state index in [0.29, 0.717) is 18.3 Å². The van der Waals surface area contributed by atoms with Crippen LogP contribution in [0.1, 0.15) is 36.4 Å². The molecule has 1 saturated heterocycles. The van der Waals surface area contributed by atoms with Crippen LogP contribution in [-0.4, -0.2) is 41.2 Å². The highest BCUT2D eigenvalue weighted by atomic mass is 32.2. The number of piperidine rings is 1. The molecular weight excluding hydrogens is 362 g/mol. The van der Waals surface area contributed by atoms with Crippen LogP contribution in [0.3, 0.4) is 0 Å². The topological polar surface area (TPSA) is 45.2 Å². The number of hydrogen-bond donors (Lipinski definition) is 1. The fourth-order valence-corrected chi connectivity index (χ4v) is 4.85. The third-order valence-electron chi connectivity index (χ3n) is 4.83. The third kappa shape index (κ3) is 5.83. The van der Waals surface area contributed by atoms with Gasteiger partial charge in [0.15, 0.2) is 0 Å². The summed E-state index contributed by atoms with van der Waals surface area (Å²) < 4.78 is 0. The SMILES string of the molecule is CC1CCN(C(CNC(=O)CSCc2ccccn2)c2cccs2)CC1. The Morgan fingerprint density at radius 3 is 2.88 bits per heavy atom. The van der Waals surface area contributed by atoms with Gasteiger partial charge < -0.3 is 5.32 Å². The molecule has 4 nitrogen and oxygen atoms in total. The molecule has 0 aliphatic carbocycles. The van der Waals surface area contributed by atoms with Gasteiger partial charge in [-0.3, -0.25) is 14.7 Å². The number of thioether (sulfide) groups is 1. The molecule has 140 valence electrons. The van der Waals surface area contributed by atoms with E-state index in [1.807, 2.05) is 18.2 Å². The number of amides is 1. The van der Waals surface area contributed by atoms with E-state index >= 15 is 0 Å². The zero-order chi connectivity index (χ0) is 18.2.